The second-order valence-electron chi connectivity index (χ2n) is 7.71. The molecule has 1 unspecified atom stereocenters. The van der Waals surface area contributed by atoms with Crippen molar-refractivity contribution in [2.75, 3.05) is 0 Å². The molecule has 1 amide bonds. The van der Waals surface area contributed by atoms with Crippen LogP contribution in [0.1, 0.15) is 38.7 Å². The fraction of sp³-hybridized carbons (Fsp3) is 0.261. The topological polar surface area (TPSA) is 158 Å². The van der Waals surface area contributed by atoms with Crippen LogP contribution in [-0.4, -0.2) is 48.0 Å². The zero-order chi connectivity index (χ0) is 24.3. The third kappa shape index (κ3) is 5.00. The Balaban J connectivity index is 0.000000331. The normalized spacial score (nSPS) is 15.2. The number of hydrogen-bond donors (Lipinski definition) is 3. The number of amides is 1. The Morgan fingerprint density at radius 2 is 1.88 bits per heavy atom. The van der Waals surface area contributed by atoms with Gasteiger partial charge in [0.1, 0.15) is 5.82 Å². The van der Waals surface area contributed by atoms with Crippen LogP contribution >= 0.6 is 0 Å². The minimum atomic E-state index is -1.26. The molecule has 0 aliphatic heterocycles. The monoisotopic (exact) mass is 452 g/mol. The highest BCUT2D eigenvalue weighted by Crippen LogP contribution is 2.35. The molecule has 10 heteroatoms. The van der Waals surface area contributed by atoms with Crippen LogP contribution in [0.4, 0.5) is 0 Å². The molecule has 1 aromatic carbocycles. The number of carboxylic acid groups (broad SMARTS) is 2. The molecule has 3 aromatic rings. The molecular formula is C23H24N4O6. The van der Waals surface area contributed by atoms with E-state index in [1.54, 1.807) is 18.3 Å². The largest absolute Gasteiger partial charge is 0.478 e. The van der Waals surface area contributed by atoms with Crippen LogP contribution in [0.15, 0.2) is 42.7 Å². The minimum absolute atomic E-state index is 0.0803. The first-order valence-electron chi connectivity index (χ1n) is 10.2. The standard InChI is InChI=1S/C19H20N4O2.C4H4O4/c1-11-21-7-8-23(11)10-13-4-6-16-17(18(13)24)14-9-12(19(20)25)3-5-15(14)22(16)2;5-3(6)1-2-4(7)8/h3,5,7-9,13H,4,6,10H2,1-2H3,(H2,20,25);1-2H,(H,5,6)(H,7,8). The molecule has 0 bridgehead atoms. The highest BCUT2D eigenvalue weighted by Gasteiger charge is 2.32. The second-order valence-corrected chi connectivity index (χ2v) is 7.71. The third-order valence-electron chi connectivity index (χ3n) is 5.66. The molecule has 0 radical (unpaired) electrons. The summed E-state index contributed by atoms with van der Waals surface area (Å²) in [6, 6.07) is 5.34. The van der Waals surface area contributed by atoms with Crippen LogP contribution in [0.3, 0.4) is 0 Å². The van der Waals surface area contributed by atoms with Gasteiger partial charge in [-0.1, -0.05) is 0 Å². The quantitative estimate of drug-likeness (QED) is 0.499. The van der Waals surface area contributed by atoms with Crippen LogP contribution in [0.25, 0.3) is 10.9 Å². The first-order chi connectivity index (χ1) is 15.6. The van der Waals surface area contributed by atoms with Crippen molar-refractivity contribution in [1.29, 1.82) is 0 Å². The number of carbonyl (C=O) groups excluding carboxylic acids is 2. The SMILES string of the molecule is Cc1nccn1CC1CCc2c(c3cc(C(N)=O)ccc3n2C)C1=O.O=C(O)C=CC(=O)O. The van der Waals surface area contributed by atoms with Gasteiger partial charge < -0.3 is 25.1 Å². The number of hydrogen-bond acceptors (Lipinski definition) is 5. The number of carbonyl (C=O) groups is 4. The lowest BCUT2D eigenvalue weighted by atomic mass is 9.84. The number of rotatable bonds is 5. The van der Waals surface area contributed by atoms with Gasteiger partial charge in [0.05, 0.1) is 0 Å². The molecule has 0 saturated heterocycles. The van der Waals surface area contributed by atoms with Crippen LogP contribution in [0.2, 0.25) is 0 Å². The van der Waals surface area contributed by atoms with Gasteiger partial charge in [0.2, 0.25) is 5.91 Å². The maximum absolute atomic E-state index is 13.2. The fourth-order valence-electron chi connectivity index (χ4n) is 4.02. The average Bonchev–Trinajstić information content (AvgIpc) is 3.29. The molecule has 1 aliphatic rings. The van der Waals surface area contributed by atoms with Crippen LogP contribution in [0, 0.1) is 12.8 Å². The summed E-state index contributed by atoms with van der Waals surface area (Å²) in [5.74, 6) is -2.02. The molecule has 1 aliphatic carbocycles. The summed E-state index contributed by atoms with van der Waals surface area (Å²) in [6.07, 6.45) is 6.44. The van der Waals surface area contributed by atoms with E-state index in [9.17, 15) is 19.2 Å². The zero-order valence-corrected chi connectivity index (χ0v) is 18.2. The summed E-state index contributed by atoms with van der Waals surface area (Å²) < 4.78 is 4.08. The van der Waals surface area contributed by atoms with E-state index < -0.39 is 17.8 Å². The number of benzene rings is 1. The molecule has 4 N–H and O–H groups in total. The van der Waals surface area contributed by atoms with Gasteiger partial charge in [-0.2, -0.15) is 0 Å². The van der Waals surface area contributed by atoms with E-state index in [1.807, 2.05) is 30.8 Å². The number of fused-ring (bicyclic) bond motifs is 3. The molecule has 4 rings (SSSR count). The average molecular weight is 452 g/mol. The Bertz CT molecular complexity index is 1270. The Morgan fingerprint density at radius 1 is 1.21 bits per heavy atom. The summed E-state index contributed by atoms with van der Waals surface area (Å²) in [5.41, 5.74) is 8.60. The highest BCUT2D eigenvalue weighted by atomic mass is 16.4. The van der Waals surface area contributed by atoms with Crippen molar-refractivity contribution in [3.63, 3.8) is 0 Å². The summed E-state index contributed by atoms with van der Waals surface area (Å²) in [4.78, 5) is 48.1. The summed E-state index contributed by atoms with van der Waals surface area (Å²) in [6.45, 7) is 2.58. The van der Waals surface area contributed by atoms with Crippen LogP contribution in [0.5, 0.6) is 0 Å². The van der Waals surface area contributed by atoms with Gasteiger partial charge in [-0.3, -0.25) is 9.59 Å². The number of aliphatic carboxylic acids is 2. The number of aryl methyl sites for hydroxylation is 2. The number of imidazole rings is 1. The van der Waals surface area contributed by atoms with Gasteiger partial charge in [-0.25, -0.2) is 14.6 Å². The number of carboxylic acids is 2. The molecule has 172 valence electrons. The van der Waals surface area contributed by atoms with Crippen molar-refractivity contribution < 1.29 is 29.4 Å². The molecule has 0 spiro atoms. The molecular weight excluding hydrogens is 428 g/mol. The molecule has 2 heterocycles. The van der Waals surface area contributed by atoms with E-state index >= 15 is 0 Å². The predicted molar refractivity (Wildman–Crippen MR) is 119 cm³/mol. The van der Waals surface area contributed by atoms with Gasteiger partial charge in [-0.05, 0) is 38.0 Å². The lowest BCUT2D eigenvalue weighted by Crippen LogP contribution is -2.27. The lowest BCUT2D eigenvalue weighted by molar-refractivity contribution is -0.134. The van der Waals surface area contributed by atoms with Crippen molar-refractivity contribution in [3.05, 3.63) is 65.4 Å². The van der Waals surface area contributed by atoms with E-state index in [2.05, 4.69) is 9.55 Å². The number of nitrogens with two attached hydrogens (primary N) is 1. The van der Waals surface area contributed by atoms with Crippen LogP contribution in [-0.2, 0) is 29.6 Å². The Kier molecular flexibility index (Phi) is 6.76. The number of Topliss-reactive ketones (excluding diaryl/α,β-unsaturated/α-hetero) is 1. The number of aromatic nitrogens is 3. The van der Waals surface area contributed by atoms with Crippen molar-refractivity contribution >= 4 is 34.5 Å². The van der Waals surface area contributed by atoms with Crippen molar-refractivity contribution in [1.82, 2.24) is 14.1 Å². The van der Waals surface area contributed by atoms with Crippen molar-refractivity contribution in [2.24, 2.45) is 18.7 Å². The smallest absolute Gasteiger partial charge is 0.328 e. The second kappa shape index (κ2) is 9.51. The Hall–Kier alpha value is -4.21. The molecule has 10 nitrogen and oxygen atoms in total. The first-order valence-corrected chi connectivity index (χ1v) is 10.2. The van der Waals surface area contributed by atoms with Crippen LogP contribution < -0.4 is 5.73 Å². The first kappa shape index (κ1) is 23.5. The van der Waals surface area contributed by atoms with E-state index in [0.29, 0.717) is 24.3 Å². The van der Waals surface area contributed by atoms with Crippen molar-refractivity contribution in [2.45, 2.75) is 26.3 Å². The minimum Gasteiger partial charge on any atom is -0.478 e. The predicted octanol–water partition coefficient (Wildman–Crippen LogP) is 1.94. The lowest BCUT2D eigenvalue weighted by Gasteiger charge is -2.23. The molecule has 1 atom stereocenters. The highest BCUT2D eigenvalue weighted by molar-refractivity contribution is 6.12. The molecule has 2 aromatic heterocycles. The number of ketones is 1. The number of primary amides is 1. The summed E-state index contributed by atoms with van der Waals surface area (Å²) >= 11 is 0. The maximum atomic E-state index is 13.2. The van der Waals surface area contributed by atoms with Gasteiger partial charge in [0.25, 0.3) is 0 Å². The van der Waals surface area contributed by atoms with E-state index in [0.717, 1.165) is 40.8 Å². The van der Waals surface area contributed by atoms with Gasteiger partial charge in [-0.15, -0.1) is 0 Å². The van der Waals surface area contributed by atoms with E-state index in [4.69, 9.17) is 15.9 Å². The molecule has 0 fully saturated rings. The Labute approximate surface area is 188 Å². The van der Waals surface area contributed by atoms with E-state index in [-0.39, 0.29) is 11.7 Å². The Morgan fingerprint density at radius 3 is 2.42 bits per heavy atom. The third-order valence-corrected chi connectivity index (χ3v) is 5.66. The van der Waals surface area contributed by atoms with Crippen molar-refractivity contribution in [3.8, 4) is 0 Å². The summed E-state index contributed by atoms with van der Waals surface area (Å²) in [5, 5.41) is 16.4. The fourth-order valence-corrected chi connectivity index (χ4v) is 4.02. The number of nitrogens with zero attached hydrogens (tertiary/aromatic N) is 3. The van der Waals surface area contributed by atoms with E-state index in [1.165, 1.54) is 0 Å². The molecule has 0 saturated carbocycles. The maximum Gasteiger partial charge on any atom is 0.328 e. The molecule has 33 heavy (non-hydrogen) atoms. The van der Waals surface area contributed by atoms with Gasteiger partial charge in [0, 0.05) is 71.8 Å². The van der Waals surface area contributed by atoms with Gasteiger partial charge >= 0.3 is 11.9 Å². The summed E-state index contributed by atoms with van der Waals surface area (Å²) in [7, 11) is 1.97. The zero-order valence-electron chi connectivity index (χ0n) is 18.2. The van der Waals surface area contributed by atoms with Gasteiger partial charge in [0.15, 0.2) is 5.78 Å².